The highest BCUT2D eigenvalue weighted by molar-refractivity contribution is 7.12. The van der Waals surface area contributed by atoms with Crippen molar-refractivity contribution in [2.45, 2.75) is 44.2 Å². The predicted octanol–water partition coefficient (Wildman–Crippen LogP) is 4.79. The first-order valence-electron chi connectivity index (χ1n) is 10.2. The molecule has 0 bridgehead atoms. The second kappa shape index (κ2) is 7.37. The SMILES string of the molecule is Cc1ccc(C2Nc3c(C(=O)NCC4CCCO4)cccc3C3C=CCC32)s1. The molecular weight excluding hydrogens is 368 g/mol. The summed E-state index contributed by atoms with van der Waals surface area (Å²) in [5.41, 5.74) is 2.98. The second-order valence-electron chi connectivity index (χ2n) is 8.04. The van der Waals surface area contributed by atoms with Crippen LogP contribution in [0.3, 0.4) is 0 Å². The second-order valence-corrected chi connectivity index (χ2v) is 9.36. The molecule has 1 saturated heterocycles. The molecule has 146 valence electrons. The summed E-state index contributed by atoms with van der Waals surface area (Å²) >= 11 is 1.85. The largest absolute Gasteiger partial charge is 0.376 e. The van der Waals surface area contributed by atoms with E-state index < -0.39 is 0 Å². The van der Waals surface area contributed by atoms with Crippen molar-refractivity contribution in [3.8, 4) is 0 Å². The highest BCUT2D eigenvalue weighted by atomic mass is 32.1. The van der Waals surface area contributed by atoms with Crippen LogP contribution in [-0.4, -0.2) is 25.2 Å². The van der Waals surface area contributed by atoms with Crippen LogP contribution in [0.25, 0.3) is 0 Å². The number of para-hydroxylation sites is 1. The Kier molecular flexibility index (Phi) is 4.73. The molecule has 1 aromatic carbocycles. The van der Waals surface area contributed by atoms with Gasteiger partial charge in [0.15, 0.2) is 0 Å². The Bertz CT molecular complexity index is 913. The summed E-state index contributed by atoms with van der Waals surface area (Å²) in [6.45, 7) is 3.54. The van der Waals surface area contributed by atoms with E-state index in [2.05, 4.69) is 47.9 Å². The first-order chi connectivity index (χ1) is 13.7. The van der Waals surface area contributed by atoms with Crippen LogP contribution in [-0.2, 0) is 4.74 Å². The van der Waals surface area contributed by atoms with E-state index in [1.165, 1.54) is 15.3 Å². The van der Waals surface area contributed by atoms with Gasteiger partial charge in [-0.05, 0) is 55.9 Å². The zero-order valence-corrected chi connectivity index (χ0v) is 16.9. The van der Waals surface area contributed by atoms with Crippen molar-refractivity contribution in [2.24, 2.45) is 5.92 Å². The van der Waals surface area contributed by atoms with Crippen molar-refractivity contribution in [3.63, 3.8) is 0 Å². The van der Waals surface area contributed by atoms with Crippen LogP contribution in [0, 0.1) is 12.8 Å². The molecule has 1 amide bonds. The summed E-state index contributed by atoms with van der Waals surface area (Å²) in [7, 11) is 0. The van der Waals surface area contributed by atoms with Crippen LogP contribution in [0.15, 0.2) is 42.5 Å². The molecule has 4 unspecified atom stereocenters. The van der Waals surface area contributed by atoms with Gasteiger partial charge in [0.1, 0.15) is 0 Å². The van der Waals surface area contributed by atoms with Gasteiger partial charge in [-0.1, -0.05) is 24.3 Å². The highest BCUT2D eigenvalue weighted by Gasteiger charge is 2.39. The molecule has 3 heterocycles. The van der Waals surface area contributed by atoms with Crippen molar-refractivity contribution < 1.29 is 9.53 Å². The fraction of sp³-hybridized carbons (Fsp3) is 0.435. The molecule has 0 spiro atoms. The fourth-order valence-corrected chi connectivity index (χ4v) is 5.82. The van der Waals surface area contributed by atoms with Gasteiger partial charge in [0, 0.05) is 28.8 Å². The third-order valence-corrected chi connectivity index (χ3v) is 7.31. The van der Waals surface area contributed by atoms with Crippen LogP contribution in [0.5, 0.6) is 0 Å². The Morgan fingerprint density at radius 3 is 3.04 bits per heavy atom. The number of carbonyl (C=O) groups is 1. The Balaban J connectivity index is 1.45. The number of nitrogens with one attached hydrogen (secondary N) is 2. The zero-order valence-electron chi connectivity index (χ0n) is 16.1. The lowest BCUT2D eigenvalue weighted by Crippen LogP contribution is -2.34. The van der Waals surface area contributed by atoms with Crippen molar-refractivity contribution >= 4 is 22.9 Å². The Morgan fingerprint density at radius 2 is 2.25 bits per heavy atom. The van der Waals surface area contributed by atoms with E-state index in [0.717, 1.165) is 37.1 Å². The van der Waals surface area contributed by atoms with Gasteiger partial charge in [-0.2, -0.15) is 0 Å². The molecule has 5 rings (SSSR count). The molecule has 0 radical (unpaired) electrons. The molecule has 2 aromatic rings. The zero-order chi connectivity index (χ0) is 19.1. The van der Waals surface area contributed by atoms with E-state index in [1.54, 1.807) is 0 Å². The van der Waals surface area contributed by atoms with Gasteiger partial charge in [-0.3, -0.25) is 4.79 Å². The first-order valence-corrected chi connectivity index (χ1v) is 11.0. The van der Waals surface area contributed by atoms with Crippen LogP contribution in [0.4, 0.5) is 5.69 Å². The summed E-state index contributed by atoms with van der Waals surface area (Å²) in [6.07, 6.45) is 7.96. The van der Waals surface area contributed by atoms with E-state index in [4.69, 9.17) is 4.74 Å². The number of carbonyl (C=O) groups excluding carboxylic acids is 1. The molecule has 2 N–H and O–H groups in total. The lowest BCUT2D eigenvalue weighted by atomic mass is 9.78. The maximum atomic E-state index is 13.0. The molecule has 1 aromatic heterocycles. The van der Waals surface area contributed by atoms with Crippen molar-refractivity contribution in [1.29, 1.82) is 0 Å². The van der Waals surface area contributed by atoms with Crippen LogP contribution >= 0.6 is 11.3 Å². The van der Waals surface area contributed by atoms with Crippen molar-refractivity contribution in [3.05, 3.63) is 63.4 Å². The summed E-state index contributed by atoms with van der Waals surface area (Å²) in [4.78, 5) is 15.7. The molecule has 2 aliphatic heterocycles. The normalized spacial score (nSPS) is 27.9. The van der Waals surface area contributed by atoms with Crippen molar-refractivity contribution in [2.75, 3.05) is 18.5 Å². The Labute approximate surface area is 170 Å². The predicted molar refractivity (Wildman–Crippen MR) is 113 cm³/mol. The van der Waals surface area contributed by atoms with E-state index in [-0.39, 0.29) is 18.1 Å². The topological polar surface area (TPSA) is 50.4 Å². The minimum absolute atomic E-state index is 0.0126. The number of thiophene rings is 1. The number of amides is 1. The smallest absolute Gasteiger partial charge is 0.253 e. The lowest BCUT2D eigenvalue weighted by Gasteiger charge is -2.37. The minimum atomic E-state index is -0.0126. The molecule has 0 saturated carbocycles. The van der Waals surface area contributed by atoms with E-state index >= 15 is 0 Å². The number of rotatable bonds is 4. The van der Waals surface area contributed by atoms with Crippen LogP contribution in [0.1, 0.15) is 56.9 Å². The number of aryl methyl sites for hydroxylation is 1. The van der Waals surface area contributed by atoms with Gasteiger partial charge in [0.05, 0.1) is 23.4 Å². The number of anilines is 1. The van der Waals surface area contributed by atoms with Crippen LogP contribution < -0.4 is 10.6 Å². The Hall–Kier alpha value is -2.11. The monoisotopic (exact) mass is 394 g/mol. The van der Waals surface area contributed by atoms with Gasteiger partial charge in [0.2, 0.25) is 0 Å². The highest BCUT2D eigenvalue weighted by Crippen LogP contribution is 2.51. The first kappa shape index (κ1) is 18.0. The van der Waals surface area contributed by atoms with Crippen LogP contribution in [0.2, 0.25) is 0 Å². The molecule has 5 heteroatoms. The third kappa shape index (κ3) is 3.16. The van der Waals surface area contributed by atoms with E-state index in [0.29, 0.717) is 18.4 Å². The van der Waals surface area contributed by atoms with Gasteiger partial charge < -0.3 is 15.4 Å². The summed E-state index contributed by atoms with van der Waals surface area (Å²) < 4.78 is 5.65. The molecule has 1 fully saturated rings. The number of ether oxygens (including phenoxy) is 1. The summed E-state index contributed by atoms with van der Waals surface area (Å²) in [5, 5.41) is 6.84. The summed E-state index contributed by atoms with van der Waals surface area (Å²) in [5.74, 6) is 0.867. The Morgan fingerprint density at radius 1 is 1.32 bits per heavy atom. The average molecular weight is 395 g/mol. The fourth-order valence-electron chi connectivity index (χ4n) is 4.82. The molecule has 28 heavy (non-hydrogen) atoms. The van der Waals surface area contributed by atoms with Gasteiger partial charge in [0.25, 0.3) is 5.91 Å². The minimum Gasteiger partial charge on any atom is -0.376 e. The van der Waals surface area contributed by atoms with E-state index in [9.17, 15) is 4.79 Å². The maximum Gasteiger partial charge on any atom is 0.253 e. The van der Waals surface area contributed by atoms with Gasteiger partial charge in [-0.25, -0.2) is 0 Å². The number of hydrogen-bond acceptors (Lipinski definition) is 4. The molecule has 1 aliphatic carbocycles. The molecule has 4 atom stereocenters. The van der Waals surface area contributed by atoms with Crippen molar-refractivity contribution in [1.82, 2.24) is 5.32 Å². The quantitative estimate of drug-likeness (QED) is 0.733. The third-order valence-electron chi connectivity index (χ3n) is 6.22. The molecule has 4 nitrogen and oxygen atoms in total. The average Bonchev–Trinajstić information content (AvgIpc) is 3.46. The standard InChI is InChI=1S/C23H26N2O2S/c1-14-10-11-20(28-14)22-18-8-2-6-16(18)17-7-3-9-19(21(17)25-22)23(26)24-13-15-5-4-12-27-15/h2-3,6-7,9-11,15-16,18,22,25H,4-5,8,12-13H2,1H3,(H,24,26). The van der Waals surface area contributed by atoms with Gasteiger partial charge >= 0.3 is 0 Å². The number of allylic oxidation sites excluding steroid dienone is 2. The maximum absolute atomic E-state index is 13.0. The summed E-state index contributed by atoms with van der Waals surface area (Å²) in [6, 6.07) is 10.8. The van der Waals surface area contributed by atoms with E-state index in [1.807, 2.05) is 23.5 Å². The number of benzene rings is 1. The molecular formula is C23H26N2O2S. The lowest BCUT2D eigenvalue weighted by molar-refractivity contribution is 0.0858. The van der Waals surface area contributed by atoms with Gasteiger partial charge in [-0.15, -0.1) is 11.3 Å². The molecule has 3 aliphatic rings. The number of hydrogen-bond donors (Lipinski definition) is 2. The number of fused-ring (bicyclic) bond motifs is 3.